The molecule has 1 spiro atoms. The predicted octanol–water partition coefficient (Wildman–Crippen LogP) is 5.69. The van der Waals surface area contributed by atoms with Crippen LogP contribution in [0.3, 0.4) is 0 Å². The number of ether oxygens (including phenoxy) is 1. The number of anilines is 2. The highest BCUT2D eigenvalue weighted by molar-refractivity contribution is 6.33. The summed E-state index contributed by atoms with van der Waals surface area (Å²) in [5, 5.41) is 0.596. The van der Waals surface area contributed by atoms with Crippen LogP contribution in [-0.2, 0) is 16.6 Å². The first kappa shape index (κ1) is 24.7. The highest BCUT2D eigenvalue weighted by Crippen LogP contribution is 2.49. The van der Waals surface area contributed by atoms with Crippen LogP contribution in [0.5, 0.6) is 5.75 Å². The van der Waals surface area contributed by atoms with E-state index in [0.29, 0.717) is 23.6 Å². The predicted molar refractivity (Wildman–Crippen MR) is 154 cm³/mol. The standard InChI is InChI=1S/C32H32ClN3O3/c1-34-15-11-32(12-16-34)20-39-29-17-23-10-14-36(28(23)19-26(29)32)31(38)22-6-4-21(5-7-22)25-9-8-24(18-27(25)33)35-13-2-3-30(35)37/h4-9,17-19H,2-3,10-16,20H2,1H3. The zero-order valence-corrected chi connectivity index (χ0v) is 23.0. The minimum absolute atomic E-state index is 0.0191. The number of likely N-dealkylation sites (tertiary alicyclic amines) is 1. The molecule has 3 aromatic rings. The molecule has 4 heterocycles. The van der Waals surface area contributed by atoms with Crippen molar-refractivity contribution in [2.24, 2.45) is 0 Å². The Bertz CT molecular complexity index is 1480. The first-order chi connectivity index (χ1) is 18.9. The van der Waals surface area contributed by atoms with Crippen LogP contribution in [0, 0.1) is 0 Å². The van der Waals surface area contributed by atoms with Gasteiger partial charge < -0.3 is 19.4 Å². The van der Waals surface area contributed by atoms with E-state index in [-0.39, 0.29) is 17.2 Å². The summed E-state index contributed by atoms with van der Waals surface area (Å²) in [4.78, 5) is 31.9. The van der Waals surface area contributed by atoms with Crippen molar-refractivity contribution in [2.75, 3.05) is 49.6 Å². The maximum atomic E-state index is 13.7. The van der Waals surface area contributed by atoms with Crippen LogP contribution in [0.15, 0.2) is 54.6 Å². The number of fused-ring (bicyclic) bond motifs is 3. The van der Waals surface area contributed by atoms with E-state index in [2.05, 4.69) is 24.1 Å². The van der Waals surface area contributed by atoms with E-state index in [4.69, 9.17) is 16.3 Å². The van der Waals surface area contributed by atoms with E-state index in [9.17, 15) is 9.59 Å². The van der Waals surface area contributed by atoms with Gasteiger partial charge in [-0.3, -0.25) is 9.59 Å². The minimum atomic E-state index is 0.0191. The van der Waals surface area contributed by atoms with Crippen LogP contribution < -0.4 is 14.5 Å². The maximum Gasteiger partial charge on any atom is 0.258 e. The van der Waals surface area contributed by atoms with Crippen molar-refractivity contribution >= 4 is 34.8 Å². The van der Waals surface area contributed by atoms with E-state index in [1.165, 1.54) is 11.1 Å². The molecule has 3 aromatic carbocycles. The first-order valence-corrected chi connectivity index (χ1v) is 14.3. The molecule has 200 valence electrons. The number of hydrogen-bond acceptors (Lipinski definition) is 4. The Labute approximate surface area is 234 Å². The molecule has 2 fully saturated rings. The molecule has 0 atom stereocenters. The fourth-order valence-corrected chi connectivity index (χ4v) is 6.97. The Hall–Kier alpha value is -3.35. The number of benzene rings is 3. The third-order valence-electron chi connectivity index (χ3n) is 9.12. The van der Waals surface area contributed by atoms with Crippen molar-refractivity contribution in [3.63, 3.8) is 0 Å². The molecule has 0 radical (unpaired) electrons. The Morgan fingerprint density at radius 3 is 2.46 bits per heavy atom. The quantitative estimate of drug-likeness (QED) is 0.427. The van der Waals surface area contributed by atoms with Crippen molar-refractivity contribution in [2.45, 2.75) is 37.5 Å². The Morgan fingerprint density at radius 1 is 0.949 bits per heavy atom. The third-order valence-corrected chi connectivity index (χ3v) is 9.43. The second-order valence-corrected chi connectivity index (χ2v) is 11.9. The molecule has 6 nitrogen and oxygen atoms in total. The monoisotopic (exact) mass is 541 g/mol. The molecule has 7 heteroatoms. The van der Waals surface area contributed by atoms with E-state index in [1.54, 1.807) is 4.90 Å². The van der Waals surface area contributed by atoms with Crippen molar-refractivity contribution in [3.8, 4) is 16.9 Å². The average Bonchev–Trinajstić information content (AvgIpc) is 3.66. The minimum Gasteiger partial charge on any atom is -0.492 e. The molecule has 0 N–H and O–H groups in total. The highest BCUT2D eigenvalue weighted by atomic mass is 35.5. The number of rotatable bonds is 3. The second kappa shape index (κ2) is 9.39. The van der Waals surface area contributed by atoms with Crippen molar-refractivity contribution in [3.05, 3.63) is 76.3 Å². The molecule has 0 saturated carbocycles. The molecule has 4 aliphatic heterocycles. The summed E-state index contributed by atoms with van der Waals surface area (Å²) >= 11 is 6.64. The summed E-state index contributed by atoms with van der Waals surface area (Å²) < 4.78 is 6.19. The zero-order chi connectivity index (χ0) is 26.7. The van der Waals surface area contributed by atoms with Gasteiger partial charge in [-0.1, -0.05) is 29.8 Å². The summed E-state index contributed by atoms with van der Waals surface area (Å²) in [6.07, 6.45) is 4.48. The van der Waals surface area contributed by atoms with Gasteiger partial charge >= 0.3 is 0 Å². The van der Waals surface area contributed by atoms with Gasteiger partial charge in [0.2, 0.25) is 5.91 Å². The highest BCUT2D eigenvalue weighted by Gasteiger charge is 2.44. The van der Waals surface area contributed by atoms with E-state index in [1.807, 2.05) is 47.4 Å². The molecule has 0 unspecified atom stereocenters. The van der Waals surface area contributed by atoms with Crippen LogP contribution >= 0.6 is 11.6 Å². The SMILES string of the molecule is CN1CCC2(CC1)COc1cc3c(cc12)N(C(=O)c1ccc(-c2ccc(N4CCCC4=O)cc2Cl)cc1)CC3. The molecular weight excluding hydrogens is 510 g/mol. The van der Waals surface area contributed by atoms with E-state index < -0.39 is 0 Å². The molecule has 2 saturated heterocycles. The Balaban J connectivity index is 1.13. The normalized spacial score (nSPS) is 19.9. The van der Waals surface area contributed by atoms with Gasteiger partial charge in [-0.05, 0) is 93.3 Å². The summed E-state index contributed by atoms with van der Waals surface area (Å²) in [6.45, 7) is 4.29. The molecule has 0 aromatic heterocycles. The van der Waals surface area contributed by atoms with Gasteiger partial charge in [0.05, 0.1) is 11.6 Å². The van der Waals surface area contributed by atoms with Crippen molar-refractivity contribution < 1.29 is 14.3 Å². The lowest BCUT2D eigenvalue weighted by Crippen LogP contribution is -2.42. The average molecular weight is 542 g/mol. The van der Waals surface area contributed by atoms with Gasteiger partial charge in [0.1, 0.15) is 5.75 Å². The molecule has 0 aliphatic carbocycles. The molecule has 0 bridgehead atoms. The first-order valence-electron chi connectivity index (χ1n) is 13.9. The topological polar surface area (TPSA) is 53.1 Å². The number of carbonyl (C=O) groups excluding carboxylic acids is 2. The molecule has 7 rings (SSSR count). The molecular formula is C32H32ClN3O3. The van der Waals surface area contributed by atoms with Crippen LogP contribution in [0.4, 0.5) is 11.4 Å². The van der Waals surface area contributed by atoms with Gasteiger partial charge in [0.15, 0.2) is 0 Å². The number of hydrogen-bond donors (Lipinski definition) is 0. The number of nitrogens with zero attached hydrogens (tertiary/aromatic N) is 3. The van der Waals surface area contributed by atoms with Gasteiger partial charge in [0.25, 0.3) is 5.91 Å². The van der Waals surface area contributed by atoms with Gasteiger partial charge in [-0.25, -0.2) is 0 Å². The summed E-state index contributed by atoms with van der Waals surface area (Å²) in [5.41, 5.74) is 6.88. The van der Waals surface area contributed by atoms with Crippen LogP contribution in [0.1, 0.15) is 47.2 Å². The molecule has 2 amide bonds. The second-order valence-electron chi connectivity index (χ2n) is 11.4. The lowest BCUT2D eigenvalue weighted by molar-refractivity contribution is -0.117. The number of carbonyl (C=O) groups is 2. The number of amides is 2. The van der Waals surface area contributed by atoms with Crippen molar-refractivity contribution in [1.82, 2.24) is 4.90 Å². The van der Waals surface area contributed by atoms with Crippen LogP contribution in [0.25, 0.3) is 11.1 Å². The van der Waals surface area contributed by atoms with Crippen molar-refractivity contribution in [1.29, 1.82) is 0 Å². The van der Waals surface area contributed by atoms with E-state index in [0.717, 1.165) is 80.2 Å². The molecule has 4 aliphatic rings. The smallest absolute Gasteiger partial charge is 0.258 e. The van der Waals surface area contributed by atoms with Gasteiger partial charge in [-0.15, -0.1) is 0 Å². The number of halogens is 1. The summed E-state index contributed by atoms with van der Waals surface area (Å²) in [5.74, 6) is 1.17. The maximum absolute atomic E-state index is 13.7. The Kier molecular flexibility index (Phi) is 5.94. The van der Waals surface area contributed by atoms with Crippen LogP contribution in [-0.4, -0.2) is 56.5 Å². The van der Waals surface area contributed by atoms with Gasteiger partial charge in [-0.2, -0.15) is 0 Å². The number of piperidine rings is 1. The largest absolute Gasteiger partial charge is 0.492 e. The van der Waals surface area contributed by atoms with E-state index >= 15 is 0 Å². The molecule has 39 heavy (non-hydrogen) atoms. The summed E-state index contributed by atoms with van der Waals surface area (Å²) in [6, 6.07) is 17.9. The summed E-state index contributed by atoms with van der Waals surface area (Å²) in [7, 11) is 2.18. The fourth-order valence-electron chi connectivity index (χ4n) is 6.69. The third kappa shape index (κ3) is 4.12. The fraction of sp³-hybridized carbons (Fsp3) is 0.375. The Morgan fingerprint density at radius 2 is 1.74 bits per heavy atom. The zero-order valence-electron chi connectivity index (χ0n) is 22.2. The van der Waals surface area contributed by atoms with Crippen LogP contribution in [0.2, 0.25) is 5.02 Å². The van der Waals surface area contributed by atoms with Gasteiger partial charge in [0, 0.05) is 53.0 Å². The lowest BCUT2D eigenvalue weighted by Gasteiger charge is -2.37. The lowest BCUT2D eigenvalue weighted by atomic mass is 9.74.